The summed E-state index contributed by atoms with van der Waals surface area (Å²) in [5.41, 5.74) is 7.50. The maximum Gasteiger partial charge on any atom is 0.246 e. The Kier molecular flexibility index (Phi) is 16.2. The number of thiazole rings is 1. The lowest BCUT2D eigenvalue weighted by molar-refractivity contribution is -0.144. The van der Waals surface area contributed by atoms with E-state index >= 15 is 0 Å². The quantitative estimate of drug-likeness (QED) is 0.0746. The molecule has 16 nitrogen and oxygen atoms in total. The van der Waals surface area contributed by atoms with Crippen LogP contribution in [0.5, 0.6) is 0 Å². The first-order valence-corrected chi connectivity index (χ1v) is 27.0. The average Bonchev–Trinajstić information content (AvgIpc) is 4.02. The number of fused-ring (bicyclic) bond motifs is 1. The van der Waals surface area contributed by atoms with Gasteiger partial charge in [0.15, 0.2) is 0 Å². The predicted octanol–water partition coefficient (Wildman–Crippen LogP) is 6.82. The van der Waals surface area contributed by atoms with Gasteiger partial charge < -0.3 is 25.5 Å². The largest absolute Gasteiger partial charge is 0.391 e. The number of aromatic nitrogens is 1. The van der Waals surface area contributed by atoms with Gasteiger partial charge in [0, 0.05) is 79.3 Å². The first kappa shape index (κ1) is 52.9. The Bertz CT molecular complexity index is 2720. The van der Waals surface area contributed by atoms with E-state index in [1.165, 1.54) is 16.2 Å². The van der Waals surface area contributed by atoms with E-state index in [0.29, 0.717) is 56.0 Å². The maximum absolute atomic E-state index is 14.3. The Labute approximate surface area is 435 Å². The number of thiophene rings is 1. The molecule has 0 spiro atoms. The number of anilines is 1. The second kappa shape index (κ2) is 22.0. The van der Waals surface area contributed by atoms with Crippen molar-refractivity contribution in [3.63, 3.8) is 0 Å². The van der Waals surface area contributed by atoms with Crippen LogP contribution in [0.15, 0.2) is 59.0 Å². The van der Waals surface area contributed by atoms with Crippen molar-refractivity contribution in [2.45, 2.75) is 117 Å². The van der Waals surface area contributed by atoms with Crippen LogP contribution in [-0.4, -0.2) is 153 Å². The number of nitrogens with zero attached hydrogens (tertiary/aromatic N) is 7. The normalized spacial score (nSPS) is 21.2. The van der Waals surface area contributed by atoms with E-state index in [4.69, 9.17) is 22.0 Å². The molecule has 72 heavy (non-hydrogen) atoms. The highest BCUT2D eigenvalue weighted by molar-refractivity contribution is 7.17. The molecule has 384 valence electrons. The van der Waals surface area contributed by atoms with Crippen molar-refractivity contribution in [2.75, 3.05) is 57.3 Å². The number of carbonyl (C=O) groups is 4. The van der Waals surface area contributed by atoms with E-state index in [-0.39, 0.29) is 61.4 Å². The highest BCUT2D eigenvalue weighted by atomic mass is 35.5. The molecule has 3 saturated heterocycles. The van der Waals surface area contributed by atoms with Gasteiger partial charge in [0.25, 0.3) is 0 Å². The summed E-state index contributed by atoms with van der Waals surface area (Å²) in [5, 5.41) is 36.2. The molecule has 4 amide bonds. The zero-order valence-corrected chi connectivity index (χ0v) is 44.9. The summed E-state index contributed by atoms with van der Waals surface area (Å²) in [6.07, 6.45) is 0.942. The first-order valence-electron chi connectivity index (χ1n) is 24.9. The molecule has 3 fully saturated rings. The Balaban J connectivity index is 0.826. The summed E-state index contributed by atoms with van der Waals surface area (Å²) in [6.45, 7) is 19.3. The molecule has 0 bridgehead atoms. The minimum absolute atomic E-state index is 0.00157. The summed E-state index contributed by atoms with van der Waals surface area (Å²) < 4.78 is 0. The molecular weight excluding hydrogens is 970 g/mol. The fourth-order valence-corrected chi connectivity index (χ4v) is 12.5. The molecule has 4 aliphatic rings. The number of amides is 4. The number of hydrogen-bond donors (Lipinski definition) is 5. The van der Waals surface area contributed by atoms with Crippen LogP contribution in [0.2, 0.25) is 5.02 Å². The van der Waals surface area contributed by atoms with E-state index in [0.717, 1.165) is 61.1 Å². The van der Waals surface area contributed by atoms with Gasteiger partial charge in [0.05, 0.1) is 46.9 Å². The molecule has 5 atom stereocenters. The highest BCUT2D eigenvalue weighted by Gasteiger charge is 2.45. The standard InChI is InChI=1S/C53H68ClN11O5S2/c1-30-33(4)72-52-45(30)46(36-13-15-38(54)16-14-36)59-41(49(56)65(52)34(5)55)26-44(68)63-23-21-62(22-24-63)39-17-19-61(20-18-39)28-43(67)60-48(53(6,7)8)51(70)64-27-40(66)25-42(64)50(69)58-31(2)35-9-11-37(12-10-35)47-32(3)57-29-71-47/h9-16,29,31,39-42,48,55-56,66H,17-28H2,1-8H3,(H,58,69)(H,60,67)/t31-,40+,41-,42-,48+/m0/s1. The number of piperazine rings is 1. The first-order chi connectivity index (χ1) is 34.2. The van der Waals surface area contributed by atoms with Gasteiger partial charge in [-0.3, -0.25) is 49.7 Å². The third-order valence-corrected chi connectivity index (χ3v) is 17.1. The van der Waals surface area contributed by atoms with Gasteiger partial charge in [-0.15, -0.1) is 22.7 Å². The van der Waals surface area contributed by atoms with Gasteiger partial charge in [-0.25, -0.2) is 4.98 Å². The van der Waals surface area contributed by atoms with E-state index in [1.807, 2.05) is 107 Å². The molecule has 0 saturated carbocycles. The van der Waals surface area contributed by atoms with Crippen LogP contribution >= 0.6 is 34.3 Å². The van der Waals surface area contributed by atoms with Gasteiger partial charge in [-0.1, -0.05) is 68.8 Å². The zero-order chi connectivity index (χ0) is 51.8. The SMILES string of the molecule is CC(=N)N1C(=N)[C@H](CC(=O)N2CCN(C3CCN(CC(=O)N[C@H](C(=O)N4C[C@H](O)C[C@H]4C(=O)N[C@@H](C)c4ccc(-c5scnc5C)cc4)C(C)(C)C)CC3)CC2)N=C(c2ccc(Cl)cc2)c2c1sc(C)c2C. The van der Waals surface area contributed by atoms with Crippen molar-refractivity contribution in [1.82, 2.24) is 35.2 Å². The van der Waals surface area contributed by atoms with E-state index < -0.39 is 35.6 Å². The Morgan fingerprint density at radius 2 is 1.58 bits per heavy atom. The molecule has 2 aromatic carbocycles. The Morgan fingerprint density at radius 1 is 0.931 bits per heavy atom. The number of aryl methyl sites for hydroxylation is 2. The summed E-state index contributed by atoms with van der Waals surface area (Å²) in [7, 11) is 0. The lowest BCUT2D eigenvalue weighted by Crippen LogP contribution is -2.59. The van der Waals surface area contributed by atoms with Gasteiger partial charge >= 0.3 is 0 Å². The van der Waals surface area contributed by atoms with Crippen LogP contribution in [0.1, 0.15) is 99.2 Å². The van der Waals surface area contributed by atoms with Crippen molar-refractivity contribution in [1.29, 1.82) is 10.8 Å². The fourth-order valence-electron chi connectivity index (χ4n) is 10.4. The van der Waals surface area contributed by atoms with Crippen LogP contribution in [-0.2, 0) is 19.2 Å². The summed E-state index contributed by atoms with van der Waals surface area (Å²) in [4.78, 5) is 77.0. The fraction of sp³-hybridized carbons (Fsp3) is 0.509. The van der Waals surface area contributed by atoms with Gasteiger partial charge in [-0.05, 0) is 81.7 Å². The van der Waals surface area contributed by atoms with Crippen LogP contribution in [0.4, 0.5) is 5.00 Å². The number of carbonyl (C=O) groups excluding carboxylic acids is 4. The predicted molar refractivity (Wildman–Crippen MR) is 287 cm³/mol. The zero-order valence-electron chi connectivity index (χ0n) is 42.6. The van der Waals surface area contributed by atoms with Gasteiger partial charge in [0.2, 0.25) is 23.6 Å². The van der Waals surface area contributed by atoms with E-state index in [9.17, 15) is 29.7 Å². The summed E-state index contributed by atoms with van der Waals surface area (Å²) in [5.74, 6) is -0.797. The molecular formula is C53H68ClN11O5S2. The third-order valence-electron chi connectivity index (χ3n) is 14.6. The molecule has 19 heteroatoms. The highest BCUT2D eigenvalue weighted by Crippen LogP contribution is 2.40. The van der Waals surface area contributed by atoms with Crippen LogP contribution in [0.3, 0.4) is 0 Å². The molecule has 8 rings (SSSR count). The minimum Gasteiger partial charge on any atom is -0.391 e. The van der Waals surface area contributed by atoms with Gasteiger partial charge in [0.1, 0.15) is 34.8 Å². The number of aliphatic imine (C=N–C) groups is 1. The topological polar surface area (TPSA) is 202 Å². The van der Waals surface area contributed by atoms with Crippen molar-refractivity contribution in [3.05, 3.63) is 91.9 Å². The number of aliphatic hydroxyl groups is 1. The smallest absolute Gasteiger partial charge is 0.246 e. The second-order valence-electron chi connectivity index (χ2n) is 20.8. The van der Waals surface area contributed by atoms with Crippen LogP contribution < -0.4 is 15.5 Å². The number of amidine groups is 2. The van der Waals surface area contributed by atoms with Crippen molar-refractivity contribution < 1.29 is 24.3 Å². The number of hydrogen-bond acceptors (Lipinski definition) is 13. The summed E-state index contributed by atoms with van der Waals surface area (Å²) in [6, 6.07) is 12.8. The molecule has 2 aromatic heterocycles. The monoisotopic (exact) mass is 1040 g/mol. The van der Waals surface area contributed by atoms with E-state index in [2.05, 4.69) is 25.4 Å². The lowest BCUT2D eigenvalue weighted by Gasteiger charge is -2.43. The molecule has 4 aromatic rings. The maximum atomic E-state index is 14.3. The summed E-state index contributed by atoms with van der Waals surface area (Å²) >= 11 is 9.38. The molecule has 0 unspecified atom stereocenters. The van der Waals surface area contributed by atoms with Crippen LogP contribution in [0.25, 0.3) is 10.4 Å². The third kappa shape index (κ3) is 11.5. The number of aliphatic hydroxyl groups excluding tert-OH is 1. The molecule has 4 aliphatic heterocycles. The number of halogens is 1. The Hall–Kier alpha value is -5.37. The second-order valence-corrected chi connectivity index (χ2v) is 23.3. The number of β-amino-alcohol motifs (C(OH)–C–C–N with tert-alkyl or cyclic N) is 1. The number of piperidine rings is 1. The lowest BCUT2D eigenvalue weighted by atomic mass is 9.85. The Morgan fingerprint density at radius 3 is 2.19 bits per heavy atom. The number of likely N-dealkylation sites (tertiary alicyclic amines) is 2. The van der Waals surface area contributed by atoms with E-state index in [1.54, 1.807) is 23.2 Å². The van der Waals surface area contributed by atoms with Crippen LogP contribution in [0, 0.1) is 37.0 Å². The number of benzene rings is 2. The number of nitrogens with one attached hydrogen (secondary N) is 4. The number of rotatable bonds is 12. The minimum atomic E-state index is -0.922. The molecule has 6 heterocycles. The van der Waals surface area contributed by atoms with Crippen molar-refractivity contribution >= 4 is 80.3 Å². The van der Waals surface area contributed by atoms with Crippen molar-refractivity contribution in [3.8, 4) is 10.4 Å². The van der Waals surface area contributed by atoms with Gasteiger partial charge in [-0.2, -0.15) is 0 Å². The molecule has 0 radical (unpaired) electrons. The molecule has 0 aliphatic carbocycles. The average molecular weight is 1040 g/mol. The molecule has 5 N–H and O–H groups in total. The van der Waals surface area contributed by atoms with Crippen molar-refractivity contribution in [2.24, 2.45) is 10.4 Å².